The zero-order valence-corrected chi connectivity index (χ0v) is 23.3. The highest BCUT2D eigenvalue weighted by molar-refractivity contribution is 8.00. The molecule has 39 heavy (non-hydrogen) atoms. The van der Waals surface area contributed by atoms with E-state index in [1.165, 1.54) is 17.7 Å². The number of halogens is 1. The van der Waals surface area contributed by atoms with Crippen molar-refractivity contribution in [2.24, 2.45) is 0 Å². The molecule has 0 radical (unpaired) electrons. The van der Waals surface area contributed by atoms with Crippen LogP contribution in [-0.2, 0) is 26.0 Å². The zero-order valence-electron chi connectivity index (χ0n) is 21.7. The second kappa shape index (κ2) is 10.7. The molecule has 6 rings (SSSR count). The first-order chi connectivity index (χ1) is 18.8. The lowest BCUT2D eigenvalue weighted by atomic mass is 9.87. The summed E-state index contributed by atoms with van der Waals surface area (Å²) in [4.78, 5) is 16.2. The Morgan fingerprint density at radius 3 is 2.51 bits per heavy atom. The van der Waals surface area contributed by atoms with E-state index in [0.717, 1.165) is 16.7 Å². The highest BCUT2D eigenvalue weighted by Crippen LogP contribution is 2.39. The van der Waals surface area contributed by atoms with Crippen molar-refractivity contribution >= 4 is 27.7 Å². The third-order valence-electron chi connectivity index (χ3n) is 8.02. The molecule has 3 aromatic carbocycles. The van der Waals surface area contributed by atoms with Gasteiger partial charge in [-0.15, -0.1) is 0 Å². The first-order valence-electron chi connectivity index (χ1n) is 13.3. The average Bonchev–Trinajstić information content (AvgIpc) is 2.96. The molecule has 3 aliphatic rings. The number of benzene rings is 3. The lowest BCUT2D eigenvalue weighted by molar-refractivity contribution is -0.150. The van der Waals surface area contributed by atoms with Crippen LogP contribution < -0.4 is 0 Å². The smallest absolute Gasteiger partial charge is 0.252 e. The number of hydrogen-bond donors (Lipinski definition) is 0. The summed E-state index contributed by atoms with van der Waals surface area (Å²) in [6.07, 6.45) is 0.256. The number of sulfonamides is 1. The van der Waals surface area contributed by atoms with Crippen LogP contribution in [0, 0.1) is 12.7 Å². The number of fused-ring (bicyclic) bond motifs is 2. The average molecular weight is 567 g/mol. The number of ether oxygens (including phenoxy) is 1. The summed E-state index contributed by atoms with van der Waals surface area (Å²) >= 11 is 1.71. The Balaban J connectivity index is 1.29. The molecule has 204 valence electrons. The number of amides is 1. The van der Waals surface area contributed by atoms with Crippen molar-refractivity contribution in [2.45, 2.75) is 48.1 Å². The quantitative estimate of drug-likeness (QED) is 0.463. The molecule has 0 spiro atoms. The Hall–Kier alpha value is -2.72. The van der Waals surface area contributed by atoms with E-state index in [2.05, 4.69) is 6.07 Å². The van der Waals surface area contributed by atoms with Gasteiger partial charge in [-0.25, -0.2) is 12.8 Å². The molecule has 0 aromatic heterocycles. The Labute approximate surface area is 233 Å². The van der Waals surface area contributed by atoms with Gasteiger partial charge in [-0.2, -0.15) is 16.1 Å². The van der Waals surface area contributed by atoms with Crippen LogP contribution in [0.15, 0.2) is 77.7 Å². The minimum Gasteiger partial charge on any atom is -0.367 e. The zero-order chi connectivity index (χ0) is 27.1. The van der Waals surface area contributed by atoms with Crippen molar-refractivity contribution in [1.29, 1.82) is 0 Å². The van der Waals surface area contributed by atoms with E-state index in [9.17, 15) is 17.6 Å². The molecule has 3 aromatic rings. The molecule has 2 saturated heterocycles. The molecule has 0 bridgehead atoms. The number of carbonyl (C=O) groups is 1. The topological polar surface area (TPSA) is 66.9 Å². The predicted molar refractivity (Wildman–Crippen MR) is 150 cm³/mol. The minimum atomic E-state index is -3.72. The molecule has 2 fully saturated rings. The monoisotopic (exact) mass is 566 g/mol. The van der Waals surface area contributed by atoms with Gasteiger partial charge in [-0.1, -0.05) is 54.1 Å². The van der Waals surface area contributed by atoms with Crippen LogP contribution >= 0.6 is 11.8 Å². The van der Waals surface area contributed by atoms with E-state index in [1.54, 1.807) is 40.3 Å². The maximum Gasteiger partial charge on any atom is 0.252 e. The fraction of sp³-hybridized carbons (Fsp3) is 0.367. The second-order valence-corrected chi connectivity index (χ2v) is 13.6. The van der Waals surface area contributed by atoms with Gasteiger partial charge in [0.15, 0.2) is 0 Å². The van der Waals surface area contributed by atoms with Gasteiger partial charge >= 0.3 is 0 Å². The van der Waals surface area contributed by atoms with Crippen molar-refractivity contribution < 1.29 is 22.3 Å². The highest BCUT2D eigenvalue weighted by atomic mass is 32.2. The van der Waals surface area contributed by atoms with Crippen molar-refractivity contribution in [3.63, 3.8) is 0 Å². The van der Waals surface area contributed by atoms with Gasteiger partial charge in [0.1, 0.15) is 11.9 Å². The standard InChI is InChI=1S/C30H31FN2O4S2/c1-20-6-12-24(13-7-20)39(35,36)33-16-17-38-28-19-37-27(18-26(28)33)30(34)32-15-14-21-4-2-3-5-25(21)29(32)22-8-10-23(31)11-9-22/h2-13,26-29H,14-19H2,1H3/t26-,27+,28-,29-/m0/s1. The maximum atomic E-state index is 14.1. The van der Waals surface area contributed by atoms with Crippen LogP contribution in [0.25, 0.3) is 0 Å². The van der Waals surface area contributed by atoms with Gasteiger partial charge in [0.25, 0.3) is 5.91 Å². The minimum absolute atomic E-state index is 0.0296. The number of hydrogen-bond acceptors (Lipinski definition) is 5. The first-order valence-corrected chi connectivity index (χ1v) is 15.8. The maximum absolute atomic E-state index is 14.1. The van der Waals surface area contributed by atoms with Gasteiger partial charge in [-0.3, -0.25) is 4.79 Å². The van der Waals surface area contributed by atoms with Gasteiger partial charge in [0, 0.05) is 36.6 Å². The molecule has 0 aliphatic carbocycles. The van der Waals surface area contributed by atoms with E-state index < -0.39 is 16.1 Å². The first kappa shape index (κ1) is 26.5. The lowest BCUT2D eigenvalue weighted by Gasteiger charge is -2.46. The molecule has 0 unspecified atom stereocenters. The number of aryl methyl sites for hydroxylation is 1. The van der Waals surface area contributed by atoms with Gasteiger partial charge in [0.05, 0.1) is 17.5 Å². The van der Waals surface area contributed by atoms with E-state index >= 15 is 0 Å². The van der Waals surface area contributed by atoms with Crippen molar-refractivity contribution in [2.75, 3.05) is 25.4 Å². The molecule has 9 heteroatoms. The summed E-state index contributed by atoms with van der Waals surface area (Å²) < 4.78 is 48.9. The van der Waals surface area contributed by atoms with Crippen LogP contribution in [0.4, 0.5) is 4.39 Å². The fourth-order valence-corrected chi connectivity index (χ4v) is 9.12. The third-order valence-corrected chi connectivity index (χ3v) is 11.3. The number of thioether (sulfide) groups is 1. The van der Waals surface area contributed by atoms with Crippen molar-refractivity contribution in [3.8, 4) is 0 Å². The molecule has 1 amide bonds. The van der Waals surface area contributed by atoms with Gasteiger partial charge in [-0.05, 0) is 54.3 Å². The molecule has 6 nitrogen and oxygen atoms in total. The predicted octanol–water partition coefficient (Wildman–Crippen LogP) is 4.57. The Morgan fingerprint density at radius 2 is 1.74 bits per heavy atom. The van der Waals surface area contributed by atoms with Crippen LogP contribution in [0.3, 0.4) is 0 Å². The lowest BCUT2D eigenvalue weighted by Crippen LogP contribution is -2.58. The second-order valence-electron chi connectivity index (χ2n) is 10.4. The van der Waals surface area contributed by atoms with Gasteiger partial charge < -0.3 is 9.64 Å². The number of nitrogens with zero attached hydrogens (tertiary/aromatic N) is 2. The van der Waals surface area contributed by atoms with Gasteiger partial charge in [0.2, 0.25) is 10.0 Å². The Morgan fingerprint density at radius 1 is 1.00 bits per heavy atom. The molecular weight excluding hydrogens is 535 g/mol. The number of rotatable bonds is 4. The van der Waals surface area contributed by atoms with E-state index in [4.69, 9.17) is 4.74 Å². The van der Waals surface area contributed by atoms with E-state index in [1.807, 2.05) is 42.2 Å². The summed E-state index contributed by atoms with van der Waals surface area (Å²) in [6.45, 7) is 3.15. The summed E-state index contributed by atoms with van der Waals surface area (Å²) in [5, 5.41) is -0.0296. The van der Waals surface area contributed by atoms with Crippen molar-refractivity contribution in [1.82, 2.24) is 9.21 Å². The summed E-state index contributed by atoms with van der Waals surface area (Å²) in [5.74, 6) is 0.205. The molecule has 3 aliphatic heterocycles. The van der Waals surface area contributed by atoms with E-state index in [0.29, 0.717) is 38.3 Å². The molecule has 3 heterocycles. The van der Waals surface area contributed by atoms with E-state index in [-0.39, 0.29) is 34.0 Å². The van der Waals surface area contributed by atoms with Crippen molar-refractivity contribution in [3.05, 3.63) is 101 Å². The van der Waals surface area contributed by atoms with Crippen LogP contribution in [0.5, 0.6) is 0 Å². The number of carbonyl (C=O) groups excluding carboxylic acids is 1. The van der Waals surface area contributed by atoms with Crippen LogP contribution in [0.2, 0.25) is 0 Å². The molecule has 0 N–H and O–H groups in total. The fourth-order valence-electron chi connectivity index (χ4n) is 5.99. The summed E-state index contributed by atoms with van der Waals surface area (Å²) in [5.41, 5.74) is 4.02. The Kier molecular flexibility index (Phi) is 7.26. The molecule has 0 saturated carbocycles. The molecular formula is C30H31FN2O4S2. The van der Waals surface area contributed by atoms with Crippen LogP contribution in [-0.4, -0.2) is 66.4 Å². The highest BCUT2D eigenvalue weighted by Gasteiger charge is 2.46. The SMILES string of the molecule is Cc1ccc(S(=O)(=O)N2CCS[C@H]3CO[C@@H](C(=O)N4CCc5ccccc5[C@@H]4c4ccc(F)cc4)C[C@@H]32)cc1. The third kappa shape index (κ3) is 5.01. The summed E-state index contributed by atoms with van der Waals surface area (Å²) in [7, 11) is -3.72. The largest absolute Gasteiger partial charge is 0.367 e. The van der Waals surface area contributed by atoms with Crippen LogP contribution in [0.1, 0.15) is 34.7 Å². The Bertz CT molecular complexity index is 1460. The summed E-state index contributed by atoms with van der Waals surface area (Å²) in [6, 6.07) is 20.6. The normalized spacial score (nSPS) is 25.5. The molecule has 4 atom stereocenters.